The van der Waals surface area contributed by atoms with Gasteiger partial charge in [0.05, 0.1) is 5.56 Å². The summed E-state index contributed by atoms with van der Waals surface area (Å²) < 4.78 is 0. The van der Waals surface area contributed by atoms with E-state index in [1.54, 1.807) is 6.20 Å². The van der Waals surface area contributed by atoms with Crippen molar-refractivity contribution in [2.75, 3.05) is 36.4 Å². The van der Waals surface area contributed by atoms with Crippen LogP contribution in [-0.4, -0.2) is 48.0 Å². The van der Waals surface area contributed by atoms with Crippen LogP contribution in [0.2, 0.25) is 0 Å². The molecule has 2 aromatic rings. The monoisotopic (exact) mass is 350 g/mol. The van der Waals surface area contributed by atoms with E-state index in [2.05, 4.69) is 39.5 Å². The number of carbonyl (C=O) groups is 1. The van der Waals surface area contributed by atoms with E-state index in [0.29, 0.717) is 11.6 Å². The van der Waals surface area contributed by atoms with Gasteiger partial charge < -0.3 is 15.1 Å². The van der Waals surface area contributed by atoms with Crippen LogP contribution in [0.25, 0.3) is 0 Å². The van der Waals surface area contributed by atoms with Gasteiger partial charge in [-0.25, -0.2) is 4.98 Å². The largest absolute Gasteiger partial charge is 0.368 e. The van der Waals surface area contributed by atoms with Crippen LogP contribution in [0.3, 0.4) is 0 Å². The van der Waals surface area contributed by atoms with Crippen LogP contribution < -0.4 is 10.2 Å². The number of anilines is 2. The Morgan fingerprint density at radius 1 is 0.962 bits per heavy atom. The molecule has 0 spiro atoms. The van der Waals surface area contributed by atoms with E-state index >= 15 is 0 Å². The number of hydrogen-bond acceptors (Lipinski definition) is 4. The van der Waals surface area contributed by atoms with Crippen LogP contribution in [0, 0.1) is 0 Å². The van der Waals surface area contributed by atoms with Crippen molar-refractivity contribution in [1.82, 2.24) is 9.88 Å². The Balaban J connectivity index is 1.33. The number of nitrogens with one attached hydrogen (secondary N) is 1. The summed E-state index contributed by atoms with van der Waals surface area (Å²) in [5.74, 6) is 0.958. The molecule has 0 atom stereocenters. The van der Waals surface area contributed by atoms with Gasteiger partial charge in [0.15, 0.2) is 0 Å². The summed E-state index contributed by atoms with van der Waals surface area (Å²) in [6, 6.07) is 14.8. The molecule has 2 heterocycles. The van der Waals surface area contributed by atoms with E-state index < -0.39 is 0 Å². The highest BCUT2D eigenvalue weighted by atomic mass is 16.2. The maximum absolute atomic E-state index is 12.7. The van der Waals surface area contributed by atoms with Gasteiger partial charge in [0.25, 0.3) is 5.91 Å². The Kier molecular flexibility index (Phi) is 5.04. The molecule has 1 amide bonds. The lowest BCUT2D eigenvalue weighted by atomic mass is 10.2. The average Bonchev–Trinajstić information content (AvgIpc) is 3.22. The number of para-hydroxylation sites is 1. The summed E-state index contributed by atoms with van der Waals surface area (Å²) in [5, 5.41) is 3.47. The number of benzene rings is 1. The summed E-state index contributed by atoms with van der Waals surface area (Å²) in [6.07, 6.45) is 6.73. The normalized spacial score (nSPS) is 18.2. The second-order valence-electron chi connectivity index (χ2n) is 7.17. The van der Waals surface area contributed by atoms with Crippen molar-refractivity contribution in [1.29, 1.82) is 0 Å². The molecule has 1 aromatic heterocycles. The summed E-state index contributed by atoms with van der Waals surface area (Å²) in [5.41, 5.74) is 1.90. The van der Waals surface area contributed by atoms with Gasteiger partial charge in [-0.2, -0.15) is 0 Å². The fourth-order valence-electron chi connectivity index (χ4n) is 3.87. The van der Waals surface area contributed by atoms with Crippen molar-refractivity contribution in [3.63, 3.8) is 0 Å². The topological polar surface area (TPSA) is 48.5 Å². The lowest BCUT2D eigenvalue weighted by molar-refractivity contribution is 0.0746. The predicted octanol–water partition coefficient (Wildman–Crippen LogP) is 3.40. The molecule has 5 heteroatoms. The molecule has 1 aliphatic heterocycles. The molecule has 1 saturated heterocycles. The predicted molar refractivity (Wildman–Crippen MR) is 105 cm³/mol. The van der Waals surface area contributed by atoms with E-state index in [0.717, 1.165) is 32.0 Å². The van der Waals surface area contributed by atoms with Crippen LogP contribution in [0.15, 0.2) is 48.7 Å². The number of rotatable bonds is 4. The lowest BCUT2D eigenvalue weighted by Crippen LogP contribution is -2.48. The van der Waals surface area contributed by atoms with Crippen molar-refractivity contribution in [2.45, 2.75) is 31.7 Å². The van der Waals surface area contributed by atoms with Crippen molar-refractivity contribution in [3.05, 3.63) is 54.2 Å². The molecule has 1 aliphatic carbocycles. The molecule has 2 fully saturated rings. The Labute approximate surface area is 155 Å². The minimum absolute atomic E-state index is 0.0811. The lowest BCUT2D eigenvalue weighted by Gasteiger charge is -2.36. The standard InChI is InChI=1S/C21H26N4O/c26-21(17-10-11-20(22-16-17)23-18-6-4-5-7-18)25-14-12-24(13-15-25)19-8-2-1-3-9-19/h1-3,8-11,16,18H,4-7,12-15H2,(H,22,23). The molecular formula is C21H26N4O. The van der Waals surface area contributed by atoms with E-state index in [1.165, 1.54) is 31.4 Å². The van der Waals surface area contributed by atoms with Crippen molar-refractivity contribution < 1.29 is 4.79 Å². The minimum Gasteiger partial charge on any atom is -0.368 e. The molecular weight excluding hydrogens is 324 g/mol. The Hall–Kier alpha value is -2.56. The molecule has 1 aromatic carbocycles. The molecule has 2 aliphatic rings. The number of amides is 1. The zero-order valence-electron chi connectivity index (χ0n) is 15.1. The van der Waals surface area contributed by atoms with Gasteiger partial charge in [0, 0.05) is 44.1 Å². The molecule has 26 heavy (non-hydrogen) atoms. The number of hydrogen-bond donors (Lipinski definition) is 1. The highest BCUT2D eigenvalue weighted by Gasteiger charge is 2.22. The summed E-state index contributed by atoms with van der Waals surface area (Å²) in [4.78, 5) is 21.5. The van der Waals surface area contributed by atoms with Gasteiger partial charge in [-0.3, -0.25) is 4.79 Å². The Morgan fingerprint density at radius 3 is 2.35 bits per heavy atom. The number of nitrogens with zero attached hydrogens (tertiary/aromatic N) is 3. The van der Waals surface area contributed by atoms with Gasteiger partial charge >= 0.3 is 0 Å². The Morgan fingerprint density at radius 2 is 1.69 bits per heavy atom. The Bertz CT molecular complexity index is 717. The van der Waals surface area contributed by atoms with Crippen LogP contribution in [0.4, 0.5) is 11.5 Å². The first-order valence-electron chi connectivity index (χ1n) is 9.61. The van der Waals surface area contributed by atoms with Gasteiger partial charge in [-0.15, -0.1) is 0 Å². The molecule has 136 valence electrons. The molecule has 5 nitrogen and oxygen atoms in total. The zero-order valence-corrected chi connectivity index (χ0v) is 15.1. The fraction of sp³-hybridized carbons (Fsp3) is 0.429. The number of carbonyl (C=O) groups excluding carboxylic acids is 1. The van der Waals surface area contributed by atoms with E-state index in [9.17, 15) is 4.79 Å². The maximum Gasteiger partial charge on any atom is 0.255 e. The third-order valence-corrected chi connectivity index (χ3v) is 5.41. The highest BCUT2D eigenvalue weighted by Crippen LogP contribution is 2.22. The van der Waals surface area contributed by atoms with Crippen LogP contribution in [-0.2, 0) is 0 Å². The smallest absolute Gasteiger partial charge is 0.255 e. The molecule has 0 radical (unpaired) electrons. The van der Waals surface area contributed by atoms with Crippen molar-refractivity contribution >= 4 is 17.4 Å². The first kappa shape index (κ1) is 16.9. The first-order valence-corrected chi connectivity index (χ1v) is 9.61. The SMILES string of the molecule is O=C(c1ccc(NC2CCCC2)nc1)N1CCN(c2ccccc2)CC1. The second-order valence-corrected chi connectivity index (χ2v) is 7.17. The molecule has 0 unspecified atom stereocenters. The van der Waals surface area contributed by atoms with Crippen molar-refractivity contribution in [2.24, 2.45) is 0 Å². The molecule has 0 bridgehead atoms. The van der Waals surface area contributed by atoms with Gasteiger partial charge in [-0.05, 0) is 37.1 Å². The summed E-state index contributed by atoms with van der Waals surface area (Å²) in [6.45, 7) is 3.22. The zero-order chi connectivity index (χ0) is 17.8. The van der Waals surface area contributed by atoms with Gasteiger partial charge in [0.1, 0.15) is 5.82 Å². The van der Waals surface area contributed by atoms with Gasteiger partial charge in [-0.1, -0.05) is 31.0 Å². The maximum atomic E-state index is 12.7. The van der Waals surface area contributed by atoms with E-state index in [1.807, 2.05) is 23.1 Å². The average molecular weight is 350 g/mol. The minimum atomic E-state index is 0.0811. The molecule has 1 saturated carbocycles. The number of pyridine rings is 1. The van der Waals surface area contributed by atoms with Gasteiger partial charge in [0.2, 0.25) is 0 Å². The molecule has 1 N–H and O–H groups in total. The first-order chi connectivity index (χ1) is 12.8. The van der Waals surface area contributed by atoms with Crippen LogP contribution >= 0.6 is 0 Å². The second kappa shape index (κ2) is 7.77. The number of piperazine rings is 1. The highest BCUT2D eigenvalue weighted by molar-refractivity contribution is 5.94. The summed E-state index contributed by atoms with van der Waals surface area (Å²) >= 11 is 0. The number of aromatic nitrogens is 1. The van der Waals surface area contributed by atoms with E-state index in [-0.39, 0.29) is 5.91 Å². The third-order valence-electron chi connectivity index (χ3n) is 5.41. The quantitative estimate of drug-likeness (QED) is 0.918. The third kappa shape index (κ3) is 3.82. The van der Waals surface area contributed by atoms with E-state index in [4.69, 9.17) is 0 Å². The fourth-order valence-corrected chi connectivity index (χ4v) is 3.87. The summed E-state index contributed by atoms with van der Waals surface area (Å²) in [7, 11) is 0. The molecule has 4 rings (SSSR count). The van der Waals surface area contributed by atoms with Crippen LogP contribution in [0.1, 0.15) is 36.0 Å². The van der Waals surface area contributed by atoms with Crippen molar-refractivity contribution in [3.8, 4) is 0 Å². The van der Waals surface area contributed by atoms with Crippen LogP contribution in [0.5, 0.6) is 0 Å².